The number of allylic oxidation sites excluding steroid dienone is 2. The van der Waals surface area contributed by atoms with Crippen molar-refractivity contribution in [2.45, 2.75) is 74.5 Å². The summed E-state index contributed by atoms with van der Waals surface area (Å²) in [6, 6.07) is 19.9. The largest absolute Gasteiger partial charge is 0.632 e. The Labute approximate surface area is 254 Å². The fourth-order valence-corrected chi connectivity index (χ4v) is 12.8. The van der Waals surface area contributed by atoms with Gasteiger partial charge in [0.1, 0.15) is 12.6 Å². The Bertz CT molecular complexity index is 1770. The number of para-hydroxylation sites is 2. The minimum atomic E-state index is -0.127. The molecule has 0 aromatic heterocycles. The molecule has 9 aliphatic rings. The van der Waals surface area contributed by atoms with E-state index in [1.165, 1.54) is 41.9 Å². The van der Waals surface area contributed by atoms with Gasteiger partial charge in [-0.2, -0.15) is 0 Å². The lowest BCUT2D eigenvalue weighted by molar-refractivity contribution is -0.896. The molecule has 5 nitrogen and oxygen atoms in total. The second-order valence-electron chi connectivity index (χ2n) is 15.1. The Morgan fingerprint density at radius 2 is 1.42 bits per heavy atom. The molecule has 7 aliphatic heterocycles. The molecule has 1 unspecified atom stereocenters. The maximum absolute atomic E-state index is 14.7. The van der Waals surface area contributed by atoms with Crippen molar-refractivity contribution in [3.8, 4) is 0 Å². The highest BCUT2D eigenvalue weighted by Crippen LogP contribution is 2.68. The van der Waals surface area contributed by atoms with Crippen LogP contribution < -0.4 is 9.80 Å². The van der Waals surface area contributed by atoms with Crippen molar-refractivity contribution in [1.82, 2.24) is 4.90 Å². The van der Waals surface area contributed by atoms with Crippen LogP contribution in [0.4, 0.5) is 11.4 Å². The summed E-state index contributed by atoms with van der Waals surface area (Å²) >= 11 is 0. The van der Waals surface area contributed by atoms with Gasteiger partial charge in [0.15, 0.2) is 0 Å². The SMILES string of the molecule is C/C=C1/C[N+]2([O-])CC[C@@]34c5ccccc5N5/C=C6/[C@H]7C[C@@H]8N(CC[C@@]89c8ccccc8N(/C=C(/[C@H]1C[C@@H]32)[C@H]54)[C@@H]69)C/C7=C/C. The topological polar surface area (TPSA) is 32.8 Å². The summed E-state index contributed by atoms with van der Waals surface area (Å²) < 4.78 is -0.0279. The quantitative estimate of drug-likeness (QED) is 0.217. The highest BCUT2D eigenvalue weighted by atomic mass is 16.5. The summed E-state index contributed by atoms with van der Waals surface area (Å²) in [6.07, 6.45) is 14.5. The molecular formula is C38H40N4O. The van der Waals surface area contributed by atoms with E-state index in [-0.39, 0.29) is 27.6 Å². The molecule has 2 saturated carbocycles. The molecule has 0 radical (unpaired) electrons. The predicted octanol–water partition coefficient (Wildman–Crippen LogP) is 6.14. The van der Waals surface area contributed by atoms with E-state index in [9.17, 15) is 5.21 Å². The standard InChI is InChI=1S/C38H40N4O/c1-3-23-19-39-15-13-37-29-9-5-7-11-31(29)40-21-28-26-18-34-38(14-16-42(34,43)22-24(26)4-2)30-10-6-8-12-32(30)41(36(28)38)20-27(35(37)40)25(23)17-33(37)39/h3-12,20-21,25-26,33-36H,13-19,22H2,1-2H3/b23-3-,24-4-,27-20-,28-21-/t25-,26-,33-,34-,35-,36-,37+,38+,42?/m0/s1. The smallest absolute Gasteiger partial charge is 0.102 e. The fraction of sp³-hybridized carbons (Fsp3) is 0.474. The fourth-order valence-electron chi connectivity index (χ4n) is 12.8. The van der Waals surface area contributed by atoms with Gasteiger partial charge in [0, 0.05) is 66.5 Å². The lowest BCUT2D eigenvalue weighted by atomic mass is 9.56. The lowest BCUT2D eigenvalue weighted by Crippen LogP contribution is -2.66. The van der Waals surface area contributed by atoms with Gasteiger partial charge in [0.25, 0.3) is 0 Å². The maximum atomic E-state index is 14.7. The van der Waals surface area contributed by atoms with Gasteiger partial charge >= 0.3 is 0 Å². The number of hydrogen-bond donors (Lipinski definition) is 0. The number of nitrogens with zero attached hydrogens (tertiary/aromatic N) is 4. The second kappa shape index (κ2) is 7.56. The average molecular weight is 569 g/mol. The average Bonchev–Trinajstić information content (AvgIpc) is 3.73. The zero-order chi connectivity index (χ0) is 28.5. The van der Waals surface area contributed by atoms with Crippen LogP contribution in [0, 0.1) is 17.0 Å². The molecule has 2 aromatic rings. The van der Waals surface area contributed by atoms with Crippen LogP contribution in [0.15, 0.2) is 95.4 Å². The van der Waals surface area contributed by atoms with Gasteiger partial charge in [0.05, 0.1) is 24.0 Å². The number of rotatable bonds is 0. The summed E-state index contributed by atoms with van der Waals surface area (Å²) in [7, 11) is 0. The minimum Gasteiger partial charge on any atom is -0.632 e. The van der Waals surface area contributed by atoms with Gasteiger partial charge in [0.2, 0.25) is 0 Å². The third kappa shape index (κ3) is 2.45. The first-order chi connectivity index (χ1) is 21.0. The number of hydrogen-bond acceptors (Lipinski definition) is 4. The Hall–Kier alpha value is -3.12. The molecule has 5 heteroatoms. The molecule has 2 aliphatic carbocycles. The highest BCUT2D eigenvalue weighted by Gasteiger charge is 2.72. The van der Waals surface area contributed by atoms with Crippen LogP contribution in [0.1, 0.15) is 50.7 Å². The zero-order valence-corrected chi connectivity index (χ0v) is 25.2. The van der Waals surface area contributed by atoms with Gasteiger partial charge in [-0.25, -0.2) is 0 Å². The van der Waals surface area contributed by atoms with E-state index < -0.39 is 0 Å². The molecule has 0 amide bonds. The molecule has 9 atom stereocenters. The molecule has 0 N–H and O–H groups in total. The molecule has 2 aromatic carbocycles. The minimum absolute atomic E-state index is 0.0279. The molecule has 218 valence electrons. The maximum Gasteiger partial charge on any atom is 0.102 e. The normalized spacial score (nSPS) is 48.2. The van der Waals surface area contributed by atoms with E-state index in [4.69, 9.17) is 0 Å². The van der Waals surface area contributed by atoms with Gasteiger partial charge in [-0.1, -0.05) is 54.1 Å². The van der Waals surface area contributed by atoms with Crippen molar-refractivity contribution < 1.29 is 4.65 Å². The molecule has 4 saturated heterocycles. The van der Waals surface area contributed by atoms with Gasteiger partial charge < -0.3 is 19.7 Å². The van der Waals surface area contributed by atoms with Crippen molar-refractivity contribution in [3.05, 3.63) is 112 Å². The van der Waals surface area contributed by atoms with Gasteiger partial charge in [-0.05, 0) is 73.2 Å². The third-order valence-corrected chi connectivity index (χ3v) is 14.2. The van der Waals surface area contributed by atoms with E-state index in [1.54, 1.807) is 22.3 Å². The first-order valence-electron chi connectivity index (χ1n) is 16.8. The number of piperidine rings is 2. The van der Waals surface area contributed by atoms with Crippen molar-refractivity contribution >= 4 is 11.4 Å². The summed E-state index contributed by atoms with van der Waals surface area (Å²) in [5, 5.41) is 14.7. The van der Waals surface area contributed by atoms with Gasteiger partial charge in [-0.15, -0.1) is 0 Å². The summed E-state index contributed by atoms with van der Waals surface area (Å²) in [5.41, 5.74) is 12.0. The summed E-state index contributed by atoms with van der Waals surface area (Å²) in [5.74, 6) is 0.821. The Morgan fingerprint density at radius 1 is 0.791 bits per heavy atom. The van der Waals surface area contributed by atoms with Crippen LogP contribution in [0.5, 0.6) is 0 Å². The first kappa shape index (κ1) is 24.2. The summed E-state index contributed by atoms with van der Waals surface area (Å²) in [4.78, 5) is 8.33. The molecular weight excluding hydrogens is 528 g/mol. The summed E-state index contributed by atoms with van der Waals surface area (Å²) in [6.45, 7) is 8.13. The second-order valence-corrected chi connectivity index (χ2v) is 15.1. The Morgan fingerprint density at radius 3 is 2.12 bits per heavy atom. The van der Waals surface area contributed by atoms with Crippen LogP contribution in [0.3, 0.4) is 0 Å². The molecule has 43 heavy (non-hydrogen) atoms. The van der Waals surface area contributed by atoms with Crippen LogP contribution in [0.2, 0.25) is 0 Å². The zero-order valence-electron chi connectivity index (χ0n) is 25.2. The molecule has 7 heterocycles. The van der Waals surface area contributed by atoms with Crippen molar-refractivity contribution in [2.75, 3.05) is 36.0 Å². The van der Waals surface area contributed by atoms with Crippen LogP contribution in [0.25, 0.3) is 0 Å². The number of benzene rings is 2. The van der Waals surface area contributed by atoms with Gasteiger partial charge in [-0.3, -0.25) is 4.90 Å². The van der Waals surface area contributed by atoms with Crippen LogP contribution in [-0.2, 0) is 10.8 Å². The molecule has 6 fully saturated rings. The number of hydroxylamine groups is 3. The molecule has 11 rings (SSSR count). The van der Waals surface area contributed by atoms with E-state index in [1.807, 2.05) is 0 Å². The van der Waals surface area contributed by atoms with Crippen LogP contribution in [-0.4, -0.2) is 59.9 Å². The first-order valence-corrected chi connectivity index (χ1v) is 16.8. The molecule has 4 bridgehead atoms. The number of fused-ring (bicyclic) bond motifs is 8. The van der Waals surface area contributed by atoms with E-state index in [2.05, 4.69) is 102 Å². The Kier molecular flexibility index (Phi) is 4.26. The Balaban J connectivity index is 1.25. The predicted molar refractivity (Wildman–Crippen MR) is 170 cm³/mol. The third-order valence-electron chi connectivity index (χ3n) is 14.2. The number of anilines is 2. The lowest BCUT2D eigenvalue weighted by Gasteiger charge is -2.60. The molecule has 2 spiro atoms. The van der Waals surface area contributed by atoms with Crippen molar-refractivity contribution in [3.63, 3.8) is 0 Å². The monoisotopic (exact) mass is 568 g/mol. The van der Waals surface area contributed by atoms with Crippen LogP contribution >= 0.6 is 0 Å². The van der Waals surface area contributed by atoms with E-state index in [0.717, 1.165) is 25.9 Å². The van der Waals surface area contributed by atoms with Crippen molar-refractivity contribution in [2.24, 2.45) is 11.8 Å². The number of quaternary nitrogens is 1. The van der Waals surface area contributed by atoms with E-state index in [0.29, 0.717) is 30.5 Å². The van der Waals surface area contributed by atoms with E-state index >= 15 is 0 Å². The highest BCUT2D eigenvalue weighted by molar-refractivity contribution is 5.77. The van der Waals surface area contributed by atoms with Crippen molar-refractivity contribution in [1.29, 1.82) is 0 Å².